The zero-order chi connectivity index (χ0) is 27.6. The molecule has 2 aliphatic rings. The monoisotopic (exact) mass is 540 g/mol. The average molecular weight is 541 g/mol. The molecule has 0 saturated heterocycles. The molecule has 8 nitrogen and oxygen atoms in total. The number of benzene rings is 2. The second kappa shape index (κ2) is 14.3. The third-order valence-corrected chi connectivity index (χ3v) is 7.55. The maximum Gasteiger partial charge on any atom is 0.262 e. The number of hydrogen-bond donors (Lipinski definition) is 4. The van der Waals surface area contributed by atoms with Crippen LogP contribution in [0.2, 0.25) is 0 Å². The Bertz CT molecular complexity index is 1140. The van der Waals surface area contributed by atoms with Crippen LogP contribution >= 0.6 is 0 Å². The first-order chi connectivity index (χ1) is 18.9. The van der Waals surface area contributed by atoms with Gasteiger partial charge in [0.25, 0.3) is 5.91 Å². The van der Waals surface area contributed by atoms with Crippen LogP contribution in [0.15, 0.2) is 30.3 Å². The molecule has 0 aromatic heterocycles. The van der Waals surface area contributed by atoms with Gasteiger partial charge < -0.3 is 30.7 Å². The molecule has 0 unspecified atom stereocenters. The summed E-state index contributed by atoms with van der Waals surface area (Å²) in [6, 6.07) is 8.83. The summed E-state index contributed by atoms with van der Waals surface area (Å²) in [6.07, 6.45) is 7.34. The molecule has 1 heterocycles. The molecule has 1 saturated carbocycles. The summed E-state index contributed by atoms with van der Waals surface area (Å²) in [7, 11) is 0. The highest BCUT2D eigenvalue weighted by molar-refractivity contribution is 5.97. The van der Waals surface area contributed by atoms with Crippen LogP contribution < -0.4 is 20.7 Å². The number of aromatic hydroxyl groups is 1. The second-order valence-corrected chi connectivity index (χ2v) is 10.5. The fraction of sp³-hybridized carbons (Fsp3) is 0.533. The number of phenols is 1. The van der Waals surface area contributed by atoms with Crippen molar-refractivity contribution in [3.63, 3.8) is 0 Å². The first-order valence-corrected chi connectivity index (χ1v) is 14.2. The van der Waals surface area contributed by atoms with Crippen LogP contribution in [0.25, 0.3) is 0 Å². The minimum Gasteiger partial charge on any atom is -0.506 e. The third-order valence-electron chi connectivity index (χ3n) is 7.55. The summed E-state index contributed by atoms with van der Waals surface area (Å²) in [4.78, 5) is 26.9. The maximum absolute atomic E-state index is 14.0. The summed E-state index contributed by atoms with van der Waals surface area (Å²) in [6.45, 7) is 5.11. The van der Waals surface area contributed by atoms with E-state index in [4.69, 9.17) is 4.74 Å². The van der Waals surface area contributed by atoms with Gasteiger partial charge in [-0.2, -0.15) is 0 Å². The number of nitrogens with zero attached hydrogens (tertiary/aromatic N) is 1. The number of anilines is 1. The van der Waals surface area contributed by atoms with Crippen LogP contribution in [0.5, 0.6) is 11.5 Å². The van der Waals surface area contributed by atoms with E-state index < -0.39 is 0 Å². The molecule has 0 atom stereocenters. The van der Waals surface area contributed by atoms with Crippen molar-refractivity contribution >= 4 is 17.5 Å². The van der Waals surface area contributed by atoms with Crippen LogP contribution in [0.3, 0.4) is 0 Å². The van der Waals surface area contributed by atoms with Crippen molar-refractivity contribution in [2.75, 3.05) is 44.6 Å². The highest BCUT2D eigenvalue weighted by atomic mass is 19.1. The predicted molar refractivity (Wildman–Crippen MR) is 150 cm³/mol. The Labute approximate surface area is 230 Å². The van der Waals surface area contributed by atoms with E-state index in [1.165, 1.54) is 12.5 Å². The quantitative estimate of drug-likeness (QED) is 0.228. The molecular formula is C30H41FN4O4. The van der Waals surface area contributed by atoms with Crippen molar-refractivity contribution in [1.82, 2.24) is 15.5 Å². The van der Waals surface area contributed by atoms with E-state index in [1.807, 2.05) is 19.1 Å². The summed E-state index contributed by atoms with van der Waals surface area (Å²) >= 11 is 0. The van der Waals surface area contributed by atoms with Crippen molar-refractivity contribution < 1.29 is 23.8 Å². The van der Waals surface area contributed by atoms with E-state index in [-0.39, 0.29) is 36.0 Å². The number of halogens is 1. The number of carbonyl (C=O) groups is 2. The minimum absolute atomic E-state index is 0.00629. The molecule has 1 aliphatic carbocycles. The van der Waals surface area contributed by atoms with Gasteiger partial charge in [0, 0.05) is 32.1 Å². The van der Waals surface area contributed by atoms with Gasteiger partial charge in [0.05, 0.1) is 0 Å². The molecule has 0 bridgehead atoms. The molecule has 1 aliphatic heterocycles. The minimum atomic E-state index is -0.282. The number of fused-ring (bicyclic) bond motifs is 1. The van der Waals surface area contributed by atoms with Crippen molar-refractivity contribution in [2.45, 2.75) is 64.3 Å². The average Bonchev–Trinajstić information content (AvgIpc) is 2.94. The van der Waals surface area contributed by atoms with E-state index >= 15 is 0 Å². The van der Waals surface area contributed by atoms with Gasteiger partial charge in [0.2, 0.25) is 5.91 Å². The van der Waals surface area contributed by atoms with Gasteiger partial charge in [-0.1, -0.05) is 43.0 Å². The lowest BCUT2D eigenvalue weighted by Gasteiger charge is -2.34. The fourth-order valence-electron chi connectivity index (χ4n) is 5.44. The topological polar surface area (TPSA) is 103 Å². The highest BCUT2D eigenvalue weighted by Gasteiger charge is 2.25. The smallest absolute Gasteiger partial charge is 0.262 e. The molecule has 212 valence electrons. The normalized spacial score (nSPS) is 15.4. The number of nitrogens with one attached hydrogen (secondary N) is 3. The second-order valence-electron chi connectivity index (χ2n) is 10.5. The van der Waals surface area contributed by atoms with Crippen molar-refractivity contribution in [3.8, 4) is 11.5 Å². The van der Waals surface area contributed by atoms with Crippen LogP contribution in [0, 0.1) is 12.7 Å². The van der Waals surface area contributed by atoms with E-state index in [0.29, 0.717) is 69.0 Å². The molecule has 39 heavy (non-hydrogen) atoms. The van der Waals surface area contributed by atoms with Gasteiger partial charge in [-0.3, -0.25) is 9.59 Å². The van der Waals surface area contributed by atoms with Crippen molar-refractivity contribution in [2.24, 2.45) is 0 Å². The fourth-order valence-corrected chi connectivity index (χ4v) is 5.44. The maximum atomic E-state index is 14.0. The summed E-state index contributed by atoms with van der Waals surface area (Å²) in [5.41, 5.74) is 2.98. The third kappa shape index (κ3) is 8.16. The largest absolute Gasteiger partial charge is 0.506 e. The van der Waals surface area contributed by atoms with Gasteiger partial charge in [-0.25, -0.2) is 4.39 Å². The SMILES string of the molecule is Cc1ccc(F)c(CCNCCC(=O)N(CCNCCc2ccc(O)c3c2OCC(=O)N3)C2CCCCC2)c1. The molecule has 4 N–H and O–H groups in total. The number of ether oxygens (including phenoxy) is 1. The zero-order valence-corrected chi connectivity index (χ0v) is 22.9. The van der Waals surface area contributed by atoms with Crippen LogP contribution in [0.4, 0.5) is 10.1 Å². The Morgan fingerprint density at radius 3 is 2.59 bits per heavy atom. The Morgan fingerprint density at radius 1 is 1.05 bits per heavy atom. The van der Waals surface area contributed by atoms with E-state index in [2.05, 4.69) is 20.9 Å². The first-order valence-electron chi connectivity index (χ1n) is 14.2. The summed E-state index contributed by atoms with van der Waals surface area (Å²) in [5.74, 6) is 0.214. The Hall–Kier alpha value is -3.17. The van der Waals surface area contributed by atoms with Crippen LogP contribution in [0.1, 0.15) is 55.2 Å². The van der Waals surface area contributed by atoms with Gasteiger partial charge in [-0.05, 0) is 69.0 Å². The molecule has 0 spiro atoms. The van der Waals surface area contributed by atoms with Crippen LogP contribution in [-0.4, -0.2) is 67.2 Å². The number of aryl methyl sites for hydroxylation is 1. The molecular weight excluding hydrogens is 499 g/mol. The Kier molecular flexibility index (Phi) is 10.6. The predicted octanol–water partition coefficient (Wildman–Crippen LogP) is 3.69. The van der Waals surface area contributed by atoms with E-state index in [1.54, 1.807) is 12.1 Å². The molecule has 4 rings (SSSR count). The number of phenolic OH excluding ortho intramolecular Hbond substituents is 1. The van der Waals surface area contributed by atoms with Gasteiger partial charge in [0.15, 0.2) is 12.4 Å². The standard InChI is InChI=1S/C30H41FN4O4/c1-21-7-9-25(31)23(19-21)12-15-32-16-13-28(38)35(24-5-3-2-4-6-24)18-17-33-14-11-22-8-10-26(36)29-30(22)39-20-27(37)34-29/h7-10,19,24,32-33,36H,2-6,11-18,20H2,1H3,(H,34,37). The summed E-state index contributed by atoms with van der Waals surface area (Å²) < 4.78 is 19.5. The Morgan fingerprint density at radius 2 is 1.79 bits per heavy atom. The lowest BCUT2D eigenvalue weighted by molar-refractivity contribution is -0.134. The number of carbonyl (C=O) groups excluding carboxylic acids is 2. The lowest BCUT2D eigenvalue weighted by atomic mass is 9.94. The molecule has 0 radical (unpaired) electrons. The van der Waals surface area contributed by atoms with E-state index in [9.17, 15) is 19.1 Å². The number of hydrogen-bond acceptors (Lipinski definition) is 6. The van der Waals surface area contributed by atoms with Gasteiger partial charge >= 0.3 is 0 Å². The lowest BCUT2D eigenvalue weighted by Crippen LogP contribution is -2.45. The molecule has 2 aromatic carbocycles. The number of rotatable bonds is 13. The Balaban J connectivity index is 1.22. The van der Waals surface area contributed by atoms with Gasteiger partial charge in [-0.15, -0.1) is 0 Å². The first kappa shape index (κ1) is 28.8. The molecule has 9 heteroatoms. The van der Waals surface area contributed by atoms with E-state index in [0.717, 1.165) is 36.8 Å². The molecule has 2 amide bonds. The van der Waals surface area contributed by atoms with Crippen molar-refractivity contribution in [1.29, 1.82) is 0 Å². The zero-order valence-electron chi connectivity index (χ0n) is 22.9. The number of amides is 2. The van der Waals surface area contributed by atoms with Gasteiger partial charge in [0.1, 0.15) is 17.3 Å². The van der Waals surface area contributed by atoms with Crippen LogP contribution in [-0.2, 0) is 22.4 Å². The van der Waals surface area contributed by atoms with Crippen molar-refractivity contribution in [3.05, 3.63) is 52.8 Å². The highest BCUT2D eigenvalue weighted by Crippen LogP contribution is 2.39. The molecule has 1 fully saturated rings. The summed E-state index contributed by atoms with van der Waals surface area (Å²) in [5, 5.41) is 19.5. The molecule has 2 aromatic rings.